The van der Waals surface area contributed by atoms with Crippen molar-refractivity contribution < 1.29 is 9.53 Å². The molecular weight excluding hydrogens is 454 g/mol. The SMILES string of the molecule is O=C(N1CCN(Cc2nc(-c3ccc(Cl)cc3)cs2)CC1)C1(c2ccccc2)CCOCC1. The van der Waals surface area contributed by atoms with Crippen molar-refractivity contribution in [2.45, 2.75) is 24.8 Å². The van der Waals surface area contributed by atoms with E-state index in [1.807, 2.05) is 42.5 Å². The van der Waals surface area contributed by atoms with Gasteiger partial charge < -0.3 is 9.64 Å². The minimum atomic E-state index is -0.454. The predicted molar refractivity (Wildman–Crippen MR) is 133 cm³/mol. The van der Waals surface area contributed by atoms with Crippen LogP contribution >= 0.6 is 22.9 Å². The van der Waals surface area contributed by atoms with Gasteiger partial charge in [-0.2, -0.15) is 0 Å². The number of benzene rings is 2. The Bertz CT molecular complexity index is 1070. The zero-order valence-electron chi connectivity index (χ0n) is 18.6. The molecule has 2 aliphatic rings. The third-order valence-electron chi connectivity index (χ3n) is 6.79. The standard InChI is InChI=1S/C26H28ClN3O2S/c27-22-8-6-20(7-9-22)23-19-33-24(28-23)18-29-12-14-30(15-13-29)25(31)26(10-16-32-17-11-26)21-4-2-1-3-5-21/h1-9,19H,10-18H2. The molecule has 0 aliphatic carbocycles. The summed E-state index contributed by atoms with van der Waals surface area (Å²) in [6.45, 7) is 5.33. The predicted octanol–water partition coefficient (Wildman–Crippen LogP) is 4.86. The Morgan fingerprint density at radius 2 is 1.70 bits per heavy atom. The molecule has 5 rings (SSSR count). The summed E-state index contributed by atoms with van der Waals surface area (Å²) in [6.07, 6.45) is 1.51. The molecule has 0 bridgehead atoms. The molecule has 0 unspecified atom stereocenters. The molecule has 0 N–H and O–H groups in total. The molecule has 1 aromatic heterocycles. The van der Waals surface area contributed by atoms with Gasteiger partial charge in [0.05, 0.1) is 17.7 Å². The first-order chi connectivity index (χ1) is 16.1. The first-order valence-electron chi connectivity index (χ1n) is 11.5. The molecule has 0 atom stereocenters. The molecule has 0 saturated carbocycles. The maximum absolute atomic E-state index is 13.8. The molecule has 3 aromatic rings. The Morgan fingerprint density at radius 1 is 1.00 bits per heavy atom. The highest BCUT2D eigenvalue weighted by atomic mass is 35.5. The lowest BCUT2D eigenvalue weighted by Gasteiger charge is -2.43. The Kier molecular flexibility index (Phi) is 6.79. The number of aromatic nitrogens is 1. The van der Waals surface area contributed by atoms with E-state index in [1.54, 1.807) is 11.3 Å². The number of hydrogen-bond donors (Lipinski definition) is 0. The van der Waals surface area contributed by atoms with Crippen LogP contribution < -0.4 is 0 Å². The van der Waals surface area contributed by atoms with Gasteiger partial charge in [-0.1, -0.05) is 54.1 Å². The molecule has 2 saturated heterocycles. The number of hydrogen-bond acceptors (Lipinski definition) is 5. The van der Waals surface area contributed by atoms with E-state index < -0.39 is 5.41 Å². The summed E-state index contributed by atoms with van der Waals surface area (Å²) in [4.78, 5) is 23.0. The van der Waals surface area contributed by atoms with Gasteiger partial charge in [-0.25, -0.2) is 4.98 Å². The zero-order valence-corrected chi connectivity index (χ0v) is 20.2. The van der Waals surface area contributed by atoms with E-state index >= 15 is 0 Å². The quantitative estimate of drug-likeness (QED) is 0.522. The van der Waals surface area contributed by atoms with Gasteiger partial charge in [0.15, 0.2) is 0 Å². The molecule has 0 radical (unpaired) electrons. The molecule has 5 nitrogen and oxygen atoms in total. The first-order valence-corrected chi connectivity index (χ1v) is 12.8. The van der Waals surface area contributed by atoms with Gasteiger partial charge in [0.25, 0.3) is 0 Å². The van der Waals surface area contributed by atoms with Crippen LogP contribution in [0.5, 0.6) is 0 Å². The van der Waals surface area contributed by atoms with Crippen LogP contribution in [-0.4, -0.2) is 60.1 Å². The van der Waals surface area contributed by atoms with Crippen molar-refractivity contribution in [1.82, 2.24) is 14.8 Å². The van der Waals surface area contributed by atoms with Crippen molar-refractivity contribution in [3.8, 4) is 11.3 Å². The van der Waals surface area contributed by atoms with Crippen LogP contribution in [0.1, 0.15) is 23.4 Å². The number of thiazole rings is 1. The normalized spacial score (nSPS) is 18.9. The van der Waals surface area contributed by atoms with Crippen LogP contribution in [0, 0.1) is 0 Å². The molecule has 7 heteroatoms. The maximum atomic E-state index is 13.8. The molecule has 33 heavy (non-hydrogen) atoms. The fourth-order valence-electron chi connectivity index (χ4n) is 4.84. The minimum absolute atomic E-state index is 0.260. The number of ether oxygens (including phenoxy) is 1. The molecule has 2 fully saturated rings. The number of nitrogens with zero attached hydrogens (tertiary/aromatic N) is 3. The lowest BCUT2D eigenvalue weighted by molar-refractivity contribution is -0.143. The van der Waals surface area contributed by atoms with E-state index in [-0.39, 0.29) is 5.91 Å². The summed E-state index contributed by atoms with van der Waals surface area (Å²) in [5.41, 5.74) is 2.74. The van der Waals surface area contributed by atoms with Gasteiger partial charge in [0, 0.05) is 55.4 Å². The zero-order chi connectivity index (χ0) is 22.7. The van der Waals surface area contributed by atoms with Gasteiger partial charge in [-0.15, -0.1) is 11.3 Å². The average molecular weight is 482 g/mol. The van der Waals surface area contributed by atoms with Crippen molar-refractivity contribution in [3.63, 3.8) is 0 Å². The highest BCUT2D eigenvalue weighted by molar-refractivity contribution is 7.09. The van der Waals surface area contributed by atoms with E-state index in [2.05, 4.69) is 27.3 Å². The second kappa shape index (κ2) is 9.94. The van der Waals surface area contributed by atoms with Crippen LogP contribution in [-0.2, 0) is 21.5 Å². The van der Waals surface area contributed by atoms with Gasteiger partial charge in [0.1, 0.15) is 5.01 Å². The summed E-state index contributed by atoms with van der Waals surface area (Å²) >= 11 is 7.69. The molecule has 2 aromatic carbocycles. The number of amides is 1. The molecule has 172 valence electrons. The Morgan fingerprint density at radius 3 is 2.39 bits per heavy atom. The number of halogens is 1. The number of rotatable bonds is 5. The largest absolute Gasteiger partial charge is 0.381 e. The smallest absolute Gasteiger partial charge is 0.233 e. The van der Waals surface area contributed by atoms with Crippen molar-refractivity contribution >= 4 is 28.8 Å². The summed E-state index contributed by atoms with van der Waals surface area (Å²) in [6, 6.07) is 18.1. The maximum Gasteiger partial charge on any atom is 0.233 e. The van der Waals surface area contributed by atoms with Gasteiger partial charge in [-0.3, -0.25) is 9.69 Å². The van der Waals surface area contributed by atoms with Crippen LogP contribution in [0.25, 0.3) is 11.3 Å². The van der Waals surface area contributed by atoms with Gasteiger partial charge in [-0.05, 0) is 30.5 Å². The van der Waals surface area contributed by atoms with Gasteiger partial charge in [0.2, 0.25) is 5.91 Å². The topological polar surface area (TPSA) is 45.7 Å². The highest BCUT2D eigenvalue weighted by Gasteiger charge is 2.44. The Balaban J connectivity index is 1.22. The van der Waals surface area contributed by atoms with E-state index in [1.165, 1.54) is 0 Å². The van der Waals surface area contributed by atoms with Gasteiger partial charge >= 0.3 is 0 Å². The lowest BCUT2D eigenvalue weighted by Crippen LogP contribution is -2.55. The Hall–Kier alpha value is -2.25. The first kappa shape index (κ1) is 22.5. The van der Waals surface area contributed by atoms with Crippen LogP contribution in [0.3, 0.4) is 0 Å². The summed E-state index contributed by atoms with van der Waals surface area (Å²) in [5.74, 6) is 0.260. The molecule has 3 heterocycles. The van der Waals surface area contributed by atoms with Crippen LogP contribution in [0.4, 0.5) is 0 Å². The van der Waals surface area contributed by atoms with E-state index in [9.17, 15) is 4.79 Å². The fourth-order valence-corrected chi connectivity index (χ4v) is 5.81. The third kappa shape index (κ3) is 4.85. The van der Waals surface area contributed by atoms with Crippen molar-refractivity contribution in [2.24, 2.45) is 0 Å². The monoisotopic (exact) mass is 481 g/mol. The minimum Gasteiger partial charge on any atom is -0.381 e. The van der Waals surface area contributed by atoms with E-state index in [0.717, 1.165) is 72.4 Å². The second-order valence-electron chi connectivity index (χ2n) is 8.76. The molecule has 2 aliphatic heterocycles. The summed E-state index contributed by atoms with van der Waals surface area (Å²) in [5, 5.41) is 3.94. The summed E-state index contributed by atoms with van der Waals surface area (Å²) < 4.78 is 5.62. The highest BCUT2D eigenvalue weighted by Crippen LogP contribution is 2.37. The average Bonchev–Trinajstić information content (AvgIpc) is 3.34. The summed E-state index contributed by atoms with van der Waals surface area (Å²) in [7, 11) is 0. The Labute approximate surface area is 204 Å². The van der Waals surface area contributed by atoms with E-state index in [0.29, 0.717) is 13.2 Å². The molecule has 1 amide bonds. The van der Waals surface area contributed by atoms with Crippen LogP contribution in [0.2, 0.25) is 5.02 Å². The van der Waals surface area contributed by atoms with Crippen molar-refractivity contribution in [3.05, 3.63) is 75.6 Å². The van der Waals surface area contributed by atoms with E-state index in [4.69, 9.17) is 21.3 Å². The van der Waals surface area contributed by atoms with Crippen molar-refractivity contribution in [1.29, 1.82) is 0 Å². The second-order valence-corrected chi connectivity index (χ2v) is 10.1. The number of piperazine rings is 1. The third-order valence-corrected chi connectivity index (χ3v) is 7.88. The van der Waals surface area contributed by atoms with Crippen molar-refractivity contribution in [2.75, 3.05) is 39.4 Å². The molecule has 0 spiro atoms. The molecular formula is C26H28ClN3O2S. The number of carbonyl (C=O) groups is 1. The fraction of sp³-hybridized carbons (Fsp3) is 0.385. The van der Waals surface area contributed by atoms with Crippen LogP contribution in [0.15, 0.2) is 60.0 Å². The number of carbonyl (C=O) groups excluding carboxylic acids is 1. The lowest BCUT2D eigenvalue weighted by atomic mass is 9.73.